The number of carbonyl (C=O) groups excluding carboxylic acids is 1. The molecule has 0 heterocycles. The molecule has 0 aromatic rings. The van der Waals surface area contributed by atoms with Gasteiger partial charge >= 0.3 is 141 Å². The number of carboxylic acids is 10. The number of allylic oxidation sites excluding steroid dienone is 3. The summed E-state index contributed by atoms with van der Waals surface area (Å²) in [7, 11) is 0. The summed E-state index contributed by atoms with van der Waals surface area (Å²) in [5.41, 5.74) is 29.9. The second-order valence-corrected chi connectivity index (χ2v) is 11.6. The molecule has 0 bridgehead atoms. The summed E-state index contributed by atoms with van der Waals surface area (Å²) in [6.07, 6.45) is 9.23. The first-order valence-corrected chi connectivity index (χ1v) is 17.6. The van der Waals surface area contributed by atoms with Gasteiger partial charge in [0.05, 0.1) is 0 Å². The molecular weight excluding hydrogens is 890 g/mol. The molecule has 0 radical (unpaired) electrons. The van der Waals surface area contributed by atoms with E-state index in [-0.39, 0.29) is 151 Å². The molecule has 5 atom stereocenters. The van der Waals surface area contributed by atoms with Crippen molar-refractivity contribution in [3.05, 3.63) is 24.3 Å². The summed E-state index contributed by atoms with van der Waals surface area (Å²) in [5.74, 6) is -11.4. The van der Waals surface area contributed by atoms with Crippen LogP contribution < -0.4 is 34.4 Å². The predicted molar refractivity (Wildman–Crippen MR) is 224 cm³/mol. The molecule has 63 heavy (non-hydrogen) atoms. The number of amides is 1. The van der Waals surface area contributed by atoms with E-state index in [2.05, 4.69) is 19.1 Å². The second-order valence-electron chi connectivity index (χ2n) is 11.6. The van der Waals surface area contributed by atoms with E-state index in [1.165, 1.54) is 6.08 Å². The summed E-state index contributed by atoms with van der Waals surface area (Å²) in [4.78, 5) is 110. The molecule has 1 amide bonds. The summed E-state index contributed by atoms with van der Waals surface area (Å²) in [6, 6.07) is -5.30. The minimum absolute atomic E-state index is 0. The average Bonchev–Trinajstić information content (AvgIpc) is 3.15. The van der Waals surface area contributed by atoms with Crippen LogP contribution >= 0.6 is 0 Å². The molecule has 0 saturated heterocycles. The second kappa shape index (κ2) is 50.7. The van der Waals surface area contributed by atoms with Crippen LogP contribution in [-0.2, 0) is 52.7 Å². The zero-order valence-electron chi connectivity index (χ0n) is 33.3. The van der Waals surface area contributed by atoms with Gasteiger partial charge in [-0.15, -0.1) is 0 Å². The van der Waals surface area contributed by atoms with Gasteiger partial charge in [0, 0.05) is 32.1 Å². The number of hydrogen-bond donors (Lipinski definition) is 16. The van der Waals surface area contributed by atoms with Gasteiger partial charge in [-0.05, 0) is 57.4 Å². The van der Waals surface area contributed by atoms with Crippen molar-refractivity contribution >= 4 is 147 Å². The number of unbranched alkanes of at least 4 members (excludes halogenated alkanes) is 1. The number of aliphatic carboxylic acids is 10. The number of hydrogen-bond acceptors (Lipinski definition) is 16. The number of carbonyl (C=O) groups is 11. The zero-order chi connectivity index (χ0) is 49.3. The zero-order valence-corrected chi connectivity index (χ0v) is 33.3. The van der Waals surface area contributed by atoms with Crippen molar-refractivity contribution in [1.82, 2.24) is 0 Å². The number of carboxylic acid groups (broad SMARTS) is 10. The molecule has 27 nitrogen and oxygen atoms in total. The molecule has 0 aliphatic rings. The van der Waals surface area contributed by atoms with E-state index in [1.54, 1.807) is 6.08 Å². The Morgan fingerprint density at radius 1 is 0.397 bits per heavy atom. The van der Waals surface area contributed by atoms with Gasteiger partial charge in [0.25, 0.3) is 0 Å². The molecule has 0 spiro atoms. The molecule has 3 unspecified atom stereocenters. The van der Waals surface area contributed by atoms with Gasteiger partial charge in [0.1, 0.15) is 30.2 Å². The Kier molecular flexibility index (Phi) is 61.5. The van der Waals surface area contributed by atoms with Crippen LogP contribution in [0.15, 0.2) is 24.3 Å². The van der Waals surface area contributed by atoms with E-state index in [0.29, 0.717) is 0 Å². The third-order valence-corrected chi connectivity index (χ3v) is 6.12. The Morgan fingerprint density at radius 2 is 0.587 bits per heavy atom. The summed E-state index contributed by atoms with van der Waals surface area (Å²) in [6.45, 7) is 2.09. The third kappa shape index (κ3) is 75.8. The van der Waals surface area contributed by atoms with E-state index < -0.39 is 89.9 Å². The van der Waals surface area contributed by atoms with Crippen molar-refractivity contribution in [3.63, 3.8) is 0 Å². The predicted octanol–water partition coefficient (Wildman–Crippen LogP) is -3.21. The van der Waals surface area contributed by atoms with Crippen LogP contribution in [0.4, 0.5) is 0 Å². The minimum atomic E-state index is -1.17. The van der Waals surface area contributed by atoms with Crippen molar-refractivity contribution in [1.29, 1.82) is 0 Å². The molecule has 0 saturated carbocycles. The molecule has 0 fully saturated rings. The third-order valence-electron chi connectivity index (χ3n) is 6.12. The van der Waals surface area contributed by atoms with E-state index in [9.17, 15) is 52.7 Å². The standard InChI is InChI=1S/C9H15NO.5C5H9NO4.K.Na.2H/c1-2-3-4-5-6-7-8-9(10)11;5*6-3(5(9)10)1-2-4(7)8;;;;/h3-4,7-8H,2,5-6H2,1H3,(H2,10,11);5*3H,1-2,6H2,(H,7,8)(H,9,10);;;;/b4-3-,8-7-;;;;;;;;;/t;2*3-;;;;;;;/m.00......./s1. The van der Waals surface area contributed by atoms with E-state index in [0.717, 1.165) is 19.3 Å². The number of rotatable bonds is 25. The maximum absolute atomic E-state index is 10.2. The normalized spacial score (nSPS) is 11.9. The van der Waals surface area contributed by atoms with Crippen molar-refractivity contribution in [3.8, 4) is 0 Å². The Hall–Kier alpha value is -3.91. The molecule has 0 aliphatic carbocycles. The first-order valence-electron chi connectivity index (χ1n) is 17.6. The monoisotopic (exact) mass is 952 g/mol. The first-order chi connectivity index (χ1) is 28.0. The van der Waals surface area contributed by atoms with Crippen LogP contribution in [-0.4, -0.2) is 228 Å². The van der Waals surface area contributed by atoms with Crippen LogP contribution in [0.25, 0.3) is 0 Å². The summed E-state index contributed by atoms with van der Waals surface area (Å²) in [5, 5.41) is 81.4. The topological polar surface area (TPSA) is 546 Å². The Bertz CT molecular complexity index is 1240. The summed E-state index contributed by atoms with van der Waals surface area (Å²) < 4.78 is 0. The van der Waals surface area contributed by atoms with Gasteiger partial charge < -0.3 is 85.5 Å². The van der Waals surface area contributed by atoms with Crippen molar-refractivity contribution in [2.24, 2.45) is 34.4 Å². The maximum atomic E-state index is 10.2. The van der Waals surface area contributed by atoms with Crippen molar-refractivity contribution in [2.75, 3.05) is 0 Å². The van der Waals surface area contributed by atoms with Crippen molar-refractivity contribution in [2.45, 2.75) is 121 Å². The summed E-state index contributed by atoms with van der Waals surface area (Å²) >= 11 is 0. The van der Waals surface area contributed by atoms with Crippen LogP contribution in [0.5, 0.6) is 0 Å². The molecule has 0 aromatic carbocycles. The van der Waals surface area contributed by atoms with Gasteiger partial charge in [0.15, 0.2) is 0 Å². The van der Waals surface area contributed by atoms with Gasteiger partial charge in [-0.3, -0.25) is 52.7 Å². The molecule has 0 aromatic heterocycles. The van der Waals surface area contributed by atoms with E-state index >= 15 is 0 Å². The van der Waals surface area contributed by atoms with Crippen LogP contribution in [0.1, 0.15) is 90.4 Å². The van der Waals surface area contributed by atoms with Gasteiger partial charge in [-0.2, -0.15) is 0 Å². The molecule has 22 N–H and O–H groups in total. The fraction of sp³-hybridized carbons (Fsp3) is 0.559. The SMILES string of the molecule is CC/C=C\CC/C=C\C(N)=O.NC(CCC(=O)O)C(=O)O.NC(CCC(=O)O)C(=O)O.NC(CCC(=O)O)C(=O)O.N[C@@H](CCC(=O)O)C(=O)O.N[C@@H](CCC(=O)O)C(=O)O.[KH].[NaH]. The Labute approximate surface area is 426 Å². The van der Waals surface area contributed by atoms with Crippen LogP contribution in [0.3, 0.4) is 0 Å². The Morgan fingerprint density at radius 3 is 0.730 bits per heavy atom. The number of nitrogens with two attached hydrogens (primary N) is 6. The fourth-order valence-corrected chi connectivity index (χ4v) is 2.69. The molecule has 0 aliphatic heterocycles. The number of primary amides is 1. The first kappa shape index (κ1) is 76.4. The van der Waals surface area contributed by atoms with E-state index in [1.807, 2.05) is 0 Å². The van der Waals surface area contributed by atoms with Crippen LogP contribution in [0, 0.1) is 0 Å². The van der Waals surface area contributed by atoms with Gasteiger partial charge in [0.2, 0.25) is 5.91 Å². The molecular formula is C34H62KN6NaO21. The molecule has 0 rings (SSSR count). The van der Waals surface area contributed by atoms with Crippen molar-refractivity contribution < 1.29 is 104 Å². The van der Waals surface area contributed by atoms with Crippen LogP contribution in [0.2, 0.25) is 0 Å². The Balaban J connectivity index is -0.0000000955. The molecule has 29 heteroatoms. The molecule has 356 valence electrons. The average molecular weight is 953 g/mol. The quantitative estimate of drug-likeness (QED) is 0.0185. The fourth-order valence-electron chi connectivity index (χ4n) is 2.69. The van der Waals surface area contributed by atoms with Gasteiger partial charge in [-0.1, -0.05) is 25.2 Å². The van der Waals surface area contributed by atoms with Gasteiger partial charge in [-0.25, -0.2) is 0 Å². The van der Waals surface area contributed by atoms with E-state index in [4.69, 9.17) is 85.5 Å².